The quantitative estimate of drug-likeness (QED) is 0.756. The van der Waals surface area contributed by atoms with Crippen LogP contribution in [0.3, 0.4) is 0 Å². The number of imidazole rings is 1. The van der Waals surface area contributed by atoms with Crippen LogP contribution in [-0.4, -0.2) is 56.5 Å². The number of nitrogens with one attached hydrogen (secondary N) is 1. The first-order valence-corrected chi connectivity index (χ1v) is 9.61. The van der Waals surface area contributed by atoms with Gasteiger partial charge < -0.3 is 15.0 Å². The molecular weight excluding hydrogens is 419 g/mol. The third kappa shape index (κ3) is 3.65. The Morgan fingerprint density at radius 2 is 2.15 bits per heavy atom. The van der Waals surface area contributed by atoms with Crippen LogP contribution in [0.1, 0.15) is 38.6 Å². The Balaban J connectivity index is 1.92. The van der Waals surface area contributed by atoms with Crippen LogP contribution in [0.15, 0.2) is 16.6 Å². The zero-order valence-electron chi connectivity index (χ0n) is 15.4. The lowest BCUT2D eigenvalue weighted by Crippen LogP contribution is -2.51. The highest BCUT2D eigenvalue weighted by molar-refractivity contribution is 9.10. The average molecular weight is 441 g/mol. The Bertz CT molecular complexity index is 846. The Morgan fingerprint density at radius 3 is 2.78 bits per heavy atom. The summed E-state index contributed by atoms with van der Waals surface area (Å²) in [7, 11) is 1.41. The summed E-state index contributed by atoms with van der Waals surface area (Å²) in [6, 6.07) is 1.92. The van der Waals surface area contributed by atoms with Crippen molar-refractivity contribution in [3.8, 4) is 0 Å². The third-order valence-electron chi connectivity index (χ3n) is 5.00. The van der Waals surface area contributed by atoms with Gasteiger partial charge in [0.15, 0.2) is 0 Å². The second kappa shape index (κ2) is 7.46. The Hall–Kier alpha value is -2.16. The second-order valence-corrected chi connectivity index (χ2v) is 8.03. The molecule has 1 aromatic heterocycles. The fourth-order valence-electron chi connectivity index (χ4n) is 3.68. The highest BCUT2D eigenvalue weighted by atomic mass is 79.9. The predicted octanol–water partition coefficient (Wildman–Crippen LogP) is 3.76. The van der Waals surface area contributed by atoms with Crippen molar-refractivity contribution in [1.82, 2.24) is 19.8 Å². The number of hydrogen-bond acceptors (Lipinski definition) is 3. The number of likely N-dealkylation sites (N-methyl/N-ethyl adjacent to an activating group) is 1. The summed E-state index contributed by atoms with van der Waals surface area (Å²) in [4.78, 5) is 34.9. The standard InChI is InChI=1S/C18H22BrFN4O3/c1-9(2)15(23(3)18(26)27)17(25)24-6-4-5-14(24)16-21-12-7-10(19)11(20)8-13(12)22-16/h7-9,14-15H,4-6H2,1-3H3,(H,21,22)(H,26,27)/t14-,15-/m0/s1. The van der Waals surface area contributed by atoms with E-state index in [2.05, 4.69) is 25.9 Å². The van der Waals surface area contributed by atoms with E-state index in [9.17, 15) is 19.1 Å². The van der Waals surface area contributed by atoms with E-state index < -0.39 is 12.1 Å². The van der Waals surface area contributed by atoms with E-state index in [4.69, 9.17) is 0 Å². The second-order valence-electron chi connectivity index (χ2n) is 7.18. The molecule has 0 radical (unpaired) electrons. The van der Waals surface area contributed by atoms with Crippen molar-refractivity contribution in [2.24, 2.45) is 5.92 Å². The summed E-state index contributed by atoms with van der Waals surface area (Å²) in [5, 5.41) is 9.32. The van der Waals surface area contributed by atoms with Gasteiger partial charge in [0, 0.05) is 19.7 Å². The van der Waals surface area contributed by atoms with E-state index in [-0.39, 0.29) is 23.7 Å². The molecule has 2 heterocycles. The molecule has 0 saturated carbocycles. The summed E-state index contributed by atoms with van der Waals surface area (Å²) >= 11 is 3.15. The number of fused-ring (bicyclic) bond motifs is 1. The topological polar surface area (TPSA) is 89.5 Å². The largest absolute Gasteiger partial charge is 0.465 e. The highest BCUT2D eigenvalue weighted by Crippen LogP contribution is 2.34. The van der Waals surface area contributed by atoms with Gasteiger partial charge in [-0.3, -0.25) is 9.69 Å². The minimum atomic E-state index is -1.14. The first-order chi connectivity index (χ1) is 12.7. The van der Waals surface area contributed by atoms with Crippen LogP contribution >= 0.6 is 15.9 Å². The lowest BCUT2D eigenvalue weighted by molar-refractivity contribution is -0.138. The molecule has 3 rings (SSSR count). The number of H-pyrrole nitrogens is 1. The number of carbonyl (C=O) groups is 2. The van der Waals surface area contributed by atoms with E-state index in [1.54, 1.807) is 11.0 Å². The summed E-state index contributed by atoms with van der Waals surface area (Å²) in [5.41, 5.74) is 1.17. The first kappa shape index (κ1) is 19.6. The van der Waals surface area contributed by atoms with E-state index in [0.717, 1.165) is 17.7 Å². The minimum absolute atomic E-state index is 0.166. The molecule has 1 aliphatic heterocycles. The van der Waals surface area contributed by atoms with E-state index in [1.165, 1.54) is 13.1 Å². The van der Waals surface area contributed by atoms with Gasteiger partial charge in [-0.25, -0.2) is 14.2 Å². The molecule has 1 aromatic carbocycles. The Morgan fingerprint density at radius 1 is 1.44 bits per heavy atom. The van der Waals surface area contributed by atoms with E-state index in [0.29, 0.717) is 27.9 Å². The minimum Gasteiger partial charge on any atom is -0.465 e. The maximum absolute atomic E-state index is 13.8. The molecule has 0 aliphatic carbocycles. The van der Waals surface area contributed by atoms with Crippen LogP contribution < -0.4 is 0 Å². The Kier molecular flexibility index (Phi) is 5.41. The van der Waals surface area contributed by atoms with E-state index >= 15 is 0 Å². The van der Waals surface area contributed by atoms with Crippen LogP contribution in [-0.2, 0) is 4.79 Å². The lowest BCUT2D eigenvalue weighted by atomic mass is 10.0. The molecule has 0 unspecified atom stereocenters. The van der Waals surface area contributed by atoms with Crippen LogP contribution in [0, 0.1) is 11.7 Å². The summed E-state index contributed by atoms with van der Waals surface area (Å²) in [5.74, 6) is -0.195. The van der Waals surface area contributed by atoms with Crippen LogP contribution in [0.2, 0.25) is 0 Å². The summed E-state index contributed by atoms with van der Waals surface area (Å²) < 4.78 is 14.1. The zero-order valence-corrected chi connectivity index (χ0v) is 17.0. The molecule has 2 amide bonds. The van der Waals surface area contributed by atoms with Crippen molar-refractivity contribution >= 4 is 39.0 Å². The Labute approximate surface area is 164 Å². The zero-order chi connectivity index (χ0) is 19.9. The van der Waals surface area contributed by atoms with Gasteiger partial charge in [0.2, 0.25) is 5.91 Å². The molecule has 2 atom stereocenters. The molecule has 1 fully saturated rings. The number of aromatic nitrogens is 2. The molecule has 2 N–H and O–H groups in total. The number of carboxylic acid groups (broad SMARTS) is 1. The molecule has 27 heavy (non-hydrogen) atoms. The van der Waals surface area contributed by atoms with Crippen LogP contribution in [0.4, 0.5) is 9.18 Å². The number of likely N-dealkylation sites (tertiary alicyclic amines) is 1. The number of benzene rings is 1. The summed E-state index contributed by atoms with van der Waals surface area (Å²) in [6.45, 7) is 4.19. The number of halogens is 2. The van der Waals surface area contributed by atoms with Crippen molar-refractivity contribution in [1.29, 1.82) is 0 Å². The van der Waals surface area contributed by atoms with Crippen molar-refractivity contribution < 1.29 is 19.1 Å². The monoisotopic (exact) mass is 440 g/mol. The lowest BCUT2D eigenvalue weighted by Gasteiger charge is -2.33. The van der Waals surface area contributed by atoms with Crippen molar-refractivity contribution in [2.75, 3.05) is 13.6 Å². The molecule has 9 heteroatoms. The average Bonchev–Trinajstić information content (AvgIpc) is 3.21. The maximum atomic E-state index is 13.8. The van der Waals surface area contributed by atoms with Gasteiger partial charge in [-0.05, 0) is 40.8 Å². The van der Waals surface area contributed by atoms with Gasteiger partial charge in [-0.2, -0.15) is 0 Å². The van der Waals surface area contributed by atoms with Gasteiger partial charge in [-0.15, -0.1) is 0 Å². The predicted molar refractivity (Wildman–Crippen MR) is 102 cm³/mol. The van der Waals surface area contributed by atoms with Gasteiger partial charge in [-0.1, -0.05) is 13.8 Å². The number of rotatable bonds is 4. The van der Waals surface area contributed by atoms with Crippen molar-refractivity contribution in [3.05, 3.63) is 28.2 Å². The van der Waals surface area contributed by atoms with Crippen molar-refractivity contribution in [2.45, 2.75) is 38.8 Å². The number of aromatic amines is 1. The molecule has 146 valence electrons. The number of nitrogens with zero attached hydrogens (tertiary/aromatic N) is 3. The molecule has 7 nitrogen and oxygen atoms in total. The van der Waals surface area contributed by atoms with Gasteiger partial charge in [0.25, 0.3) is 0 Å². The van der Waals surface area contributed by atoms with Gasteiger partial charge in [0.1, 0.15) is 17.7 Å². The number of carbonyl (C=O) groups excluding carboxylic acids is 1. The fourth-order valence-corrected chi connectivity index (χ4v) is 4.02. The maximum Gasteiger partial charge on any atom is 0.407 e. The van der Waals surface area contributed by atoms with Gasteiger partial charge in [0.05, 0.1) is 21.5 Å². The third-order valence-corrected chi connectivity index (χ3v) is 5.60. The normalized spacial score (nSPS) is 18.3. The number of hydrogen-bond donors (Lipinski definition) is 2. The SMILES string of the molecule is CC(C)[C@@H](C(=O)N1CCC[C@H]1c1nc2cc(Br)c(F)cc2[nH]1)N(C)C(=O)O. The smallest absolute Gasteiger partial charge is 0.407 e. The number of amides is 2. The fraction of sp³-hybridized carbons (Fsp3) is 0.500. The first-order valence-electron chi connectivity index (χ1n) is 8.81. The molecule has 1 aliphatic rings. The van der Waals surface area contributed by atoms with Crippen molar-refractivity contribution in [3.63, 3.8) is 0 Å². The van der Waals surface area contributed by atoms with Crippen LogP contribution in [0.5, 0.6) is 0 Å². The van der Waals surface area contributed by atoms with Crippen LogP contribution in [0.25, 0.3) is 11.0 Å². The summed E-state index contributed by atoms with van der Waals surface area (Å²) in [6.07, 6.45) is 0.381. The molecule has 1 saturated heterocycles. The molecular formula is C18H22BrFN4O3. The molecule has 0 spiro atoms. The van der Waals surface area contributed by atoms with Gasteiger partial charge >= 0.3 is 6.09 Å². The van der Waals surface area contributed by atoms with E-state index in [1.807, 2.05) is 13.8 Å². The molecule has 2 aromatic rings. The molecule has 0 bridgehead atoms. The highest BCUT2D eigenvalue weighted by Gasteiger charge is 2.39.